The van der Waals surface area contributed by atoms with E-state index in [1.807, 2.05) is 32.2 Å². The minimum atomic E-state index is -1.22. The van der Waals surface area contributed by atoms with Gasteiger partial charge >= 0.3 is 5.97 Å². The highest BCUT2D eigenvalue weighted by Crippen LogP contribution is 2.36. The lowest BCUT2D eigenvalue weighted by Gasteiger charge is -2.34. The van der Waals surface area contributed by atoms with Crippen molar-refractivity contribution in [2.75, 3.05) is 0 Å². The van der Waals surface area contributed by atoms with Gasteiger partial charge in [0.25, 0.3) is 0 Å². The molecule has 0 amide bonds. The Morgan fingerprint density at radius 1 is 1.21 bits per heavy atom. The maximum Gasteiger partial charge on any atom is 0.309 e. The molecule has 0 radical (unpaired) electrons. The molecular formula is C26H39NO6S. The summed E-state index contributed by atoms with van der Waals surface area (Å²) in [7, 11) is 0. The fourth-order valence-electron chi connectivity index (χ4n) is 4.78. The molecule has 190 valence electrons. The van der Waals surface area contributed by atoms with E-state index in [0.717, 1.165) is 35.5 Å². The van der Waals surface area contributed by atoms with E-state index < -0.39 is 35.6 Å². The molecule has 7 atom stereocenters. The van der Waals surface area contributed by atoms with Crippen LogP contribution in [0.2, 0.25) is 0 Å². The van der Waals surface area contributed by atoms with E-state index >= 15 is 0 Å². The second kappa shape index (κ2) is 11.0. The predicted molar refractivity (Wildman–Crippen MR) is 131 cm³/mol. The Kier molecular flexibility index (Phi) is 8.71. The summed E-state index contributed by atoms with van der Waals surface area (Å²) >= 11 is 1.56. The van der Waals surface area contributed by atoms with E-state index in [0.29, 0.717) is 6.42 Å². The van der Waals surface area contributed by atoms with Gasteiger partial charge in [-0.3, -0.25) is 9.59 Å². The number of aryl methyl sites for hydroxylation is 1. The number of ketones is 1. The van der Waals surface area contributed by atoms with Crippen molar-refractivity contribution in [3.8, 4) is 0 Å². The van der Waals surface area contributed by atoms with Gasteiger partial charge in [-0.1, -0.05) is 34.1 Å². The topological polar surface area (TPSA) is 109 Å². The molecule has 1 aromatic rings. The Morgan fingerprint density at radius 2 is 1.91 bits per heavy atom. The third-order valence-electron chi connectivity index (χ3n) is 7.41. The standard InChI is InChI=1S/C26H39NO6S/c1-14-8-7-9-19-21(32-19)11-20(15(2)10-18-13-34-17(4)27-18)33-23(29)12-22(28)26(5,6)25(31)16(3)24(14)30/h10,13-14,16,19-22,24,28,30H,7-9,11-12H2,1-6H3/b15-10+/t14-,16-,19+,20-,21+,22?,24?/m0/s1. The number of cyclic esters (lactones) is 1. The van der Waals surface area contributed by atoms with Gasteiger partial charge in [0.05, 0.1) is 47.0 Å². The van der Waals surface area contributed by atoms with Crippen molar-refractivity contribution in [3.63, 3.8) is 0 Å². The van der Waals surface area contributed by atoms with Gasteiger partial charge in [0.15, 0.2) is 0 Å². The van der Waals surface area contributed by atoms with Gasteiger partial charge in [0.2, 0.25) is 0 Å². The van der Waals surface area contributed by atoms with Crippen molar-refractivity contribution < 1.29 is 29.3 Å². The van der Waals surface area contributed by atoms with Crippen LogP contribution in [0.3, 0.4) is 0 Å². The summed E-state index contributed by atoms with van der Waals surface area (Å²) < 4.78 is 11.7. The van der Waals surface area contributed by atoms with Crippen LogP contribution in [-0.2, 0) is 19.1 Å². The first-order valence-electron chi connectivity index (χ1n) is 12.3. The monoisotopic (exact) mass is 493 g/mol. The minimum Gasteiger partial charge on any atom is -0.458 e. The Balaban J connectivity index is 1.81. The van der Waals surface area contributed by atoms with Crippen molar-refractivity contribution >= 4 is 29.2 Å². The zero-order chi connectivity index (χ0) is 25.2. The smallest absolute Gasteiger partial charge is 0.309 e. The highest BCUT2D eigenvalue weighted by Gasteiger charge is 2.44. The average molecular weight is 494 g/mol. The van der Waals surface area contributed by atoms with Crippen molar-refractivity contribution in [3.05, 3.63) is 21.7 Å². The number of aliphatic hydroxyl groups excluding tert-OH is 2. The molecule has 0 aromatic carbocycles. The largest absolute Gasteiger partial charge is 0.458 e. The number of epoxide rings is 1. The van der Waals surface area contributed by atoms with E-state index in [4.69, 9.17) is 9.47 Å². The maximum atomic E-state index is 13.2. The molecule has 8 heteroatoms. The molecule has 3 rings (SSSR count). The van der Waals surface area contributed by atoms with Gasteiger partial charge in [0.1, 0.15) is 11.9 Å². The maximum absolute atomic E-state index is 13.2. The quantitative estimate of drug-likeness (QED) is 0.472. The Labute approximate surface area is 206 Å². The zero-order valence-electron chi connectivity index (χ0n) is 21.1. The molecular weight excluding hydrogens is 454 g/mol. The number of aromatic nitrogens is 1. The number of carbonyl (C=O) groups is 2. The first-order valence-corrected chi connectivity index (χ1v) is 13.1. The van der Waals surface area contributed by atoms with Crippen LogP contribution in [0.1, 0.15) is 77.4 Å². The van der Waals surface area contributed by atoms with Crippen LogP contribution >= 0.6 is 11.3 Å². The van der Waals surface area contributed by atoms with Crippen molar-refractivity contribution in [1.82, 2.24) is 4.98 Å². The lowest BCUT2D eigenvalue weighted by atomic mass is 9.73. The fourth-order valence-corrected chi connectivity index (χ4v) is 5.35. The number of hydrogen-bond donors (Lipinski definition) is 2. The van der Waals surface area contributed by atoms with Gasteiger partial charge in [0, 0.05) is 17.7 Å². The molecule has 0 saturated carbocycles. The summed E-state index contributed by atoms with van der Waals surface area (Å²) in [5.41, 5.74) is 0.494. The van der Waals surface area contributed by atoms with E-state index in [2.05, 4.69) is 4.98 Å². The minimum absolute atomic E-state index is 0.00770. The van der Waals surface area contributed by atoms with Crippen LogP contribution in [0, 0.1) is 24.2 Å². The van der Waals surface area contributed by atoms with Crippen LogP contribution in [0.15, 0.2) is 11.0 Å². The fraction of sp³-hybridized carbons (Fsp3) is 0.731. The van der Waals surface area contributed by atoms with E-state index in [9.17, 15) is 19.8 Å². The number of aliphatic hydroxyl groups is 2. The third-order valence-corrected chi connectivity index (χ3v) is 8.20. The van der Waals surface area contributed by atoms with Crippen LogP contribution < -0.4 is 0 Å². The van der Waals surface area contributed by atoms with Crippen LogP contribution in [0.5, 0.6) is 0 Å². The summed E-state index contributed by atoms with van der Waals surface area (Å²) in [5.74, 6) is -1.52. The molecule has 7 nitrogen and oxygen atoms in total. The molecule has 2 fully saturated rings. The first kappa shape index (κ1) is 27.0. The molecule has 1 aromatic heterocycles. The highest BCUT2D eigenvalue weighted by atomic mass is 32.1. The number of ether oxygens (including phenoxy) is 2. The number of thiazole rings is 1. The van der Waals surface area contributed by atoms with E-state index in [1.54, 1.807) is 32.1 Å². The summed E-state index contributed by atoms with van der Waals surface area (Å²) in [6.07, 6.45) is 2.28. The number of Topliss-reactive ketones (excluding diaryl/α,β-unsaturated/α-hetero) is 1. The molecule has 0 bridgehead atoms. The third kappa shape index (κ3) is 6.53. The summed E-state index contributed by atoms with van der Waals surface area (Å²) in [5, 5.41) is 24.5. The van der Waals surface area contributed by atoms with Crippen molar-refractivity contribution in [2.45, 2.75) is 104 Å². The van der Waals surface area contributed by atoms with Gasteiger partial charge in [-0.25, -0.2) is 4.98 Å². The second-order valence-electron chi connectivity index (χ2n) is 10.6. The van der Waals surface area contributed by atoms with E-state index in [-0.39, 0.29) is 30.3 Å². The molecule has 2 saturated heterocycles. The Hall–Kier alpha value is -1.61. The number of fused-ring (bicyclic) bond motifs is 1. The van der Waals surface area contributed by atoms with Crippen LogP contribution in [0.25, 0.3) is 6.08 Å². The molecule has 2 unspecified atom stereocenters. The number of nitrogens with zero attached hydrogens (tertiary/aromatic N) is 1. The van der Waals surface area contributed by atoms with Gasteiger partial charge in [-0.2, -0.15) is 0 Å². The predicted octanol–water partition coefficient (Wildman–Crippen LogP) is 4.09. The van der Waals surface area contributed by atoms with Crippen molar-refractivity contribution in [2.24, 2.45) is 17.3 Å². The highest BCUT2D eigenvalue weighted by molar-refractivity contribution is 7.09. The molecule has 0 spiro atoms. The molecule has 2 N–H and O–H groups in total. The normalized spacial score (nSPS) is 36.0. The SMILES string of the molecule is C/C(=C\c1csc(C)n1)[C@@H]1C[C@H]2O[C@@H]2CCC[C@H](C)C(O)[C@H](C)C(=O)C(C)(C)C(O)CC(=O)O1. The van der Waals surface area contributed by atoms with E-state index in [1.165, 1.54) is 0 Å². The van der Waals surface area contributed by atoms with Gasteiger partial charge in [-0.15, -0.1) is 11.3 Å². The van der Waals surface area contributed by atoms with Crippen LogP contribution in [-0.4, -0.2) is 57.5 Å². The molecule has 2 aliphatic rings. The molecule has 2 aliphatic heterocycles. The molecule has 34 heavy (non-hydrogen) atoms. The lowest BCUT2D eigenvalue weighted by molar-refractivity contribution is -0.154. The van der Waals surface area contributed by atoms with Gasteiger partial charge < -0.3 is 19.7 Å². The number of carbonyl (C=O) groups excluding carboxylic acids is 2. The summed E-state index contributed by atoms with van der Waals surface area (Å²) in [4.78, 5) is 30.5. The Bertz CT molecular complexity index is 909. The zero-order valence-corrected chi connectivity index (χ0v) is 21.9. The second-order valence-corrected chi connectivity index (χ2v) is 11.7. The number of esters is 1. The molecule has 3 heterocycles. The van der Waals surface area contributed by atoms with Crippen molar-refractivity contribution in [1.29, 1.82) is 0 Å². The lowest BCUT2D eigenvalue weighted by Crippen LogP contribution is -2.45. The Morgan fingerprint density at radius 3 is 2.56 bits per heavy atom. The number of hydrogen-bond acceptors (Lipinski definition) is 8. The number of rotatable bonds is 2. The first-order chi connectivity index (χ1) is 15.9. The van der Waals surface area contributed by atoms with Crippen LogP contribution in [0.4, 0.5) is 0 Å². The van der Waals surface area contributed by atoms with Gasteiger partial charge in [-0.05, 0) is 44.3 Å². The summed E-state index contributed by atoms with van der Waals surface area (Å²) in [6.45, 7) is 10.8. The molecule has 0 aliphatic carbocycles. The average Bonchev–Trinajstić information content (AvgIpc) is 3.38. The summed E-state index contributed by atoms with van der Waals surface area (Å²) in [6, 6.07) is 0.